The second-order valence-corrected chi connectivity index (χ2v) is 4.07. The van der Waals surface area contributed by atoms with Crippen molar-refractivity contribution < 1.29 is 19.1 Å². The number of alkyl halides is 2. The Morgan fingerprint density at radius 3 is 1.58 bits per heavy atom. The van der Waals surface area contributed by atoms with Crippen LogP contribution in [-0.2, 0) is 21.2 Å². The second kappa shape index (κ2) is 7.40. The first-order chi connectivity index (χ1) is 9.10. The number of carbonyl (C=O) groups excluding carboxylic acids is 2. The zero-order chi connectivity index (χ0) is 14.4. The van der Waals surface area contributed by atoms with Crippen molar-refractivity contribution in [3.05, 3.63) is 22.5 Å². The fourth-order valence-corrected chi connectivity index (χ4v) is 2.22. The van der Waals surface area contributed by atoms with Gasteiger partial charge in [-0.2, -0.15) is 0 Å². The van der Waals surface area contributed by atoms with E-state index in [1.807, 2.05) is 0 Å². The molecule has 0 saturated carbocycles. The van der Waals surface area contributed by atoms with E-state index in [1.54, 1.807) is 13.8 Å². The number of carbonyl (C=O) groups is 2. The zero-order valence-electron chi connectivity index (χ0n) is 10.7. The summed E-state index contributed by atoms with van der Waals surface area (Å²) in [5.74, 6) is -1.04. The standard InChI is InChI=1S/C12H15Cl2NO4/c1-3-18-11(16)9-7(5-13)8(6-14)10(15-9)12(17)19-4-2/h15H,3-6H2,1-2H3. The molecule has 0 fully saturated rings. The molecule has 0 aliphatic heterocycles. The molecule has 19 heavy (non-hydrogen) atoms. The van der Waals surface area contributed by atoms with Gasteiger partial charge in [0.25, 0.3) is 0 Å². The topological polar surface area (TPSA) is 68.4 Å². The van der Waals surface area contributed by atoms with Crippen LogP contribution in [0.1, 0.15) is 46.0 Å². The highest BCUT2D eigenvalue weighted by atomic mass is 35.5. The summed E-state index contributed by atoms with van der Waals surface area (Å²) in [5.41, 5.74) is 1.24. The van der Waals surface area contributed by atoms with Gasteiger partial charge in [0.1, 0.15) is 11.4 Å². The van der Waals surface area contributed by atoms with E-state index in [4.69, 9.17) is 32.7 Å². The van der Waals surface area contributed by atoms with Gasteiger partial charge < -0.3 is 14.5 Å². The van der Waals surface area contributed by atoms with Crippen molar-refractivity contribution in [2.24, 2.45) is 0 Å². The molecule has 1 N–H and O–H groups in total. The predicted molar refractivity (Wildman–Crippen MR) is 71.8 cm³/mol. The van der Waals surface area contributed by atoms with E-state index in [1.165, 1.54) is 0 Å². The molecule has 5 nitrogen and oxygen atoms in total. The van der Waals surface area contributed by atoms with Gasteiger partial charge in [0.05, 0.1) is 25.0 Å². The van der Waals surface area contributed by atoms with Crippen molar-refractivity contribution in [2.45, 2.75) is 25.6 Å². The Labute approximate surface area is 121 Å². The van der Waals surface area contributed by atoms with Gasteiger partial charge in [-0.05, 0) is 13.8 Å². The molecule has 7 heteroatoms. The van der Waals surface area contributed by atoms with Crippen molar-refractivity contribution in [3.63, 3.8) is 0 Å². The van der Waals surface area contributed by atoms with Gasteiger partial charge in [-0.1, -0.05) is 0 Å². The molecule has 0 unspecified atom stereocenters. The molecule has 0 atom stereocenters. The molecule has 0 amide bonds. The van der Waals surface area contributed by atoms with Crippen LogP contribution in [-0.4, -0.2) is 30.1 Å². The monoisotopic (exact) mass is 307 g/mol. The molecule has 0 aliphatic carbocycles. The molecular formula is C12H15Cl2NO4. The van der Waals surface area contributed by atoms with Crippen LogP contribution in [0.5, 0.6) is 0 Å². The van der Waals surface area contributed by atoms with Crippen molar-refractivity contribution in [2.75, 3.05) is 13.2 Å². The van der Waals surface area contributed by atoms with E-state index in [2.05, 4.69) is 4.98 Å². The molecular weight excluding hydrogens is 293 g/mol. The third kappa shape index (κ3) is 3.42. The summed E-state index contributed by atoms with van der Waals surface area (Å²) in [4.78, 5) is 26.3. The lowest BCUT2D eigenvalue weighted by Gasteiger charge is -2.02. The number of hydrogen-bond donors (Lipinski definition) is 1. The summed E-state index contributed by atoms with van der Waals surface area (Å²) >= 11 is 11.6. The number of halogens is 2. The first-order valence-corrected chi connectivity index (χ1v) is 6.87. The van der Waals surface area contributed by atoms with Gasteiger partial charge in [0, 0.05) is 11.1 Å². The third-order valence-corrected chi connectivity index (χ3v) is 2.98. The summed E-state index contributed by atoms with van der Waals surface area (Å²) in [6.07, 6.45) is 0. The summed E-state index contributed by atoms with van der Waals surface area (Å²) < 4.78 is 9.80. The lowest BCUT2D eigenvalue weighted by molar-refractivity contribution is 0.0515. The highest BCUT2D eigenvalue weighted by Crippen LogP contribution is 2.24. The fourth-order valence-electron chi connectivity index (χ4n) is 1.63. The number of aromatic nitrogens is 1. The van der Waals surface area contributed by atoms with Crippen molar-refractivity contribution in [1.82, 2.24) is 4.98 Å². The normalized spacial score (nSPS) is 10.3. The highest BCUT2D eigenvalue weighted by Gasteiger charge is 2.25. The lowest BCUT2D eigenvalue weighted by Crippen LogP contribution is -2.09. The average molecular weight is 308 g/mol. The first kappa shape index (κ1) is 15.9. The van der Waals surface area contributed by atoms with Crippen LogP contribution in [0.2, 0.25) is 0 Å². The van der Waals surface area contributed by atoms with E-state index in [0.717, 1.165) is 0 Å². The van der Waals surface area contributed by atoms with Crippen molar-refractivity contribution in [3.8, 4) is 0 Å². The number of ether oxygens (including phenoxy) is 2. The maximum absolute atomic E-state index is 11.8. The Bertz CT molecular complexity index is 430. The van der Waals surface area contributed by atoms with Crippen LogP contribution in [0.4, 0.5) is 0 Å². The average Bonchev–Trinajstić information content (AvgIpc) is 2.77. The largest absolute Gasteiger partial charge is 0.461 e. The van der Waals surface area contributed by atoms with Crippen LogP contribution in [0.15, 0.2) is 0 Å². The molecule has 0 spiro atoms. The molecule has 0 aromatic carbocycles. The number of aromatic amines is 1. The van der Waals surface area contributed by atoms with Crippen molar-refractivity contribution >= 4 is 35.1 Å². The van der Waals surface area contributed by atoms with Crippen LogP contribution in [0, 0.1) is 0 Å². The zero-order valence-corrected chi connectivity index (χ0v) is 12.2. The van der Waals surface area contributed by atoms with Gasteiger partial charge in [-0.25, -0.2) is 9.59 Å². The van der Waals surface area contributed by atoms with Gasteiger partial charge in [0.2, 0.25) is 0 Å². The van der Waals surface area contributed by atoms with E-state index in [0.29, 0.717) is 11.1 Å². The predicted octanol–water partition coefficient (Wildman–Crippen LogP) is 2.85. The molecule has 1 heterocycles. The fraction of sp³-hybridized carbons (Fsp3) is 0.500. The summed E-state index contributed by atoms with van der Waals surface area (Å²) in [6.45, 7) is 3.83. The molecule has 106 valence electrons. The van der Waals surface area contributed by atoms with Crippen LogP contribution in [0.3, 0.4) is 0 Å². The molecule has 0 bridgehead atoms. The molecule has 1 rings (SSSR count). The summed E-state index contributed by atoms with van der Waals surface area (Å²) in [5, 5.41) is 0. The highest BCUT2D eigenvalue weighted by molar-refractivity contribution is 6.20. The van der Waals surface area contributed by atoms with E-state index < -0.39 is 11.9 Å². The Morgan fingerprint density at radius 1 is 0.947 bits per heavy atom. The molecule has 1 aromatic rings. The Kier molecular flexibility index (Phi) is 6.18. The van der Waals surface area contributed by atoms with E-state index >= 15 is 0 Å². The minimum absolute atomic E-state index is 0.0477. The third-order valence-electron chi connectivity index (χ3n) is 2.44. The Morgan fingerprint density at radius 2 is 1.32 bits per heavy atom. The Hall–Kier alpha value is -1.20. The van der Waals surface area contributed by atoms with Gasteiger partial charge in [0.15, 0.2) is 0 Å². The molecule has 1 aromatic heterocycles. The molecule has 0 aliphatic rings. The molecule has 0 radical (unpaired) electrons. The second-order valence-electron chi connectivity index (χ2n) is 3.54. The maximum Gasteiger partial charge on any atom is 0.355 e. The number of rotatable bonds is 6. The Balaban J connectivity index is 3.26. The number of H-pyrrole nitrogens is 1. The smallest absolute Gasteiger partial charge is 0.355 e. The quantitative estimate of drug-likeness (QED) is 0.648. The summed E-state index contributed by atoms with van der Waals surface area (Å²) in [6, 6.07) is 0. The van der Waals surface area contributed by atoms with Gasteiger partial charge in [-0.15, -0.1) is 23.2 Å². The van der Waals surface area contributed by atoms with Crippen LogP contribution < -0.4 is 0 Å². The maximum atomic E-state index is 11.8. The lowest BCUT2D eigenvalue weighted by atomic mass is 10.1. The number of esters is 2. The molecule has 0 saturated heterocycles. The number of nitrogens with one attached hydrogen (secondary N) is 1. The van der Waals surface area contributed by atoms with Crippen LogP contribution in [0.25, 0.3) is 0 Å². The van der Waals surface area contributed by atoms with E-state index in [-0.39, 0.29) is 36.4 Å². The SMILES string of the molecule is CCOC(=O)c1[nH]c(C(=O)OCC)c(CCl)c1CCl. The van der Waals surface area contributed by atoms with Crippen LogP contribution >= 0.6 is 23.2 Å². The minimum Gasteiger partial charge on any atom is -0.461 e. The minimum atomic E-state index is -0.569. The van der Waals surface area contributed by atoms with Gasteiger partial charge in [-0.3, -0.25) is 0 Å². The van der Waals surface area contributed by atoms with Crippen molar-refractivity contribution in [1.29, 1.82) is 0 Å². The summed E-state index contributed by atoms with van der Waals surface area (Å²) in [7, 11) is 0. The van der Waals surface area contributed by atoms with E-state index in [9.17, 15) is 9.59 Å². The first-order valence-electron chi connectivity index (χ1n) is 5.80. The van der Waals surface area contributed by atoms with Gasteiger partial charge >= 0.3 is 11.9 Å². The number of hydrogen-bond acceptors (Lipinski definition) is 4.